The minimum absolute atomic E-state index is 0. The van der Waals surface area contributed by atoms with Crippen molar-refractivity contribution in [3.63, 3.8) is 0 Å². The molecule has 0 amide bonds. The molecule has 0 radical (unpaired) electrons. The van der Waals surface area contributed by atoms with Crippen LogP contribution in [0.2, 0.25) is 0 Å². The van der Waals surface area contributed by atoms with Crippen LogP contribution in [0.15, 0.2) is 24.4 Å². The van der Waals surface area contributed by atoms with Crippen LogP contribution in [0.5, 0.6) is 0 Å². The van der Waals surface area contributed by atoms with Crippen LogP contribution in [0.4, 0.5) is 26.4 Å². The Morgan fingerprint density at radius 2 is 1.84 bits per heavy atom. The molecule has 0 bridgehead atoms. The van der Waals surface area contributed by atoms with Gasteiger partial charge in [-0.1, -0.05) is 7.43 Å². The summed E-state index contributed by atoms with van der Waals surface area (Å²) in [5.74, 6) is -0.382. The molecule has 8 nitrogen and oxygen atoms in total. The summed E-state index contributed by atoms with van der Waals surface area (Å²) in [6.45, 7) is 2.58. The number of benzene rings is 1. The normalized spacial score (nSPS) is 19.4. The van der Waals surface area contributed by atoms with Gasteiger partial charge in [-0.2, -0.15) is 4.98 Å². The maximum absolute atomic E-state index is 14.2. The predicted molar refractivity (Wildman–Crippen MR) is 114 cm³/mol. The van der Waals surface area contributed by atoms with Gasteiger partial charge in [0.05, 0.1) is 24.5 Å². The summed E-state index contributed by atoms with van der Waals surface area (Å²) in [6.07, 6.45) is 4.24. The number of aromatic nitrogens is 4. The third-order valence-electron chi connectivity index (χ3n) is 5.44. The Kier molecular flexibility index (Phi) is 6.28. The molecule has 4 heterocycles. The number of fused-ring (bicyclic) bond motifs is 1. The van der Waals surface area contributed by atoms with Crippen LogP contribution in [0.1, 0.15) is 32.7 Å². The van der Waals surface area contributed by atoms with Crippen LogP contribution >= 0.6 is 0 Å². The summed E-state index contributed by atoms with van der Waals surface area (Å²) in [5, 5.41) is 6.35. The highest BCUT2D eigenvalue weighted by molar-refractivity contribution is 5.76. The van der Waals surface area contributed by atoms with Gasteiger partial charge in [0.15, 0.2) is 5.65 Å². The van der Waals surface area contributed by atoms with Crippen molar-refractivity contribution in [2.24, 2.45) is 0 Å². The first-order valence-corrected chi connectivity index (χ1v) is 10.1. The smallest absolute Gasteiger partial charge is 0.224 e. The van der Waals surface area contributed by atoms with Gasteiger partial charge in [-0.3, -0.25) is 4.57 Å². The van der Waals surface area contributed by atoms with E-state index in [0.29, 0.717) is 49.5 Å². The largest absolute Gasteiger partial charge is 0.381 e. The number of nitrogens with zero attached hydrogens (tertiary/aromatic N) is 4. The van der Waals surface area contributed by atoms with E-state index in [1.165, 1.54) is 12.1 Å². The van der Waals surface area contributed by atoms with Crippen LogP contribution < -0.4 is 10.6 Å². The Labute approximate surface area is 179 Å². The Bertz CT molecular complexity index is 1050. The predicted octanol–water partition coefficient (Wildman–Crippen LogP) is 4.04. The van der Waals surface area contributed by atoms with E-state index in [4.69, 9.17) is 14.5 Å². The lowest BCUT2D eigenvalue weighted by molar-refractivity contribution is 0.0903. The summed E-state index contributed by atoms with van der Waals surface area (Å²) in [4.78, 5) is 13.7. The average molecular weight is 432 g/mol. The fourth-order valence-electron chi connectivity index (χ4n) is 3.86. The van der Waals surface area contributed by atoms with E-state index in [1.807, 2.05) is 4.57 Å². The second kappa shape index (κ2) is 9.11. The van der Waals surface area contributed by atoms with Gasteiger partial charge >= 0.3 is 0 Å². The van der Waals surface area contributed by atoms with E-state index < -0.39 is 11.6 Å². The lowest BCUT2D eigenvalue weighted by Gasteiger charge is -2.23. The van der Waals surface area contributed by atoms with Crippen molar-refractivity contribution in [2.45, 2.75) is 38.8 Å². The summed E-state index contributed by atoms with van der Waals surface area (Å²) in [5.41, 5.74) is 1.37. The third-order valence-corrected chi connectivity index (χ3v) is 5.44. The van der Waals surface area contributed by atoms with E-state index in [2.05, 4.69) is 20.6 Å². The van der Waals surface area contributed by atoms with Gasteiger partial charge in [0.1, 0.15) is 17.2 Å². The first kappa shape index (κ1) is 21.4. The molecule has 2 N–H and O–H groups in total. The Morgan fingerprint density at radius 1 is 1.03 bits per heavy atom. The van der Waals surface area contributed by atoms with Crippen molar-refractivity contribution in [3.05, 3.63) is 36.0 Å². The van der Waals surface area contributed by atoms with Crippen LogP contribution in [-0.2, 0) is 9.47 Å². The van der Waals surface area contributed by atoms with Crippen molar-refractivity contribution >= 4 is 28.7 Å². The van der Waals surface area contributed by atoms with Crippen LogP contribution in [0, 0.1) is 11.6 Å². The number of anilines is 3. The molecule has 2 aliphatic heterocycles. The maximum atomic E-state index is 14.2. The third kappa shape index (κ3) is 4.45. The highest BCUT2D eigenvalue weighted by Crippen LogP contribution is 2.31. The molecule has 0 saturated carbocycles. The highest BCUT2D eigenvalue weighted by atomic mass is 19.1. The van der Waals surface area contributed by atoms with Crippen molar-refractivity contribution < 1.29 is 18.3 Å². The molecule has 10 heteroatoms. The minimum atomic E-state index is -0.691. The summed E-state index contributed by atoms with van der Waals surface area (Å²) in [7, 11) is 0. The molecular formula is C21H26F2N6O2. The molecule has 0 aliphatic carbocycles. The molecule has 3 aromatic rings. The summed E-state index contributed by atoms with van der Waals surface area (Å²) < 4.78 is 40.4. The fourth-order valence-corrected chi connectivity index (χ4v) is 3.86. The number of ether oxygens (including phenoxy) is 2. The maximum Gasteiger partial charge on any atom is 0.224 e. The van der Waals surface area contributed by atoms with Crippen molar-refractivity contribution in [3.8, 4) is 0 Å². The quantitative estimate of drug-likeness (QED) is 0.629. The Balaban J connectivity index is 0.00000231. The van der Waals surface area contributed by atoms with Gasteiger partial charge in [-0.15, -0.1) is 0 Å². The molecular weight excluding hydrogens is 406 g/mol. The lowest BCUT2D eigenvalue weighted by atomic mass is 10.1. The average Bonchev–Trinajstić information content (AvgIpc) is 3.38. The standard InChI is InChI=1S/C20H22F2N6O2.CH4/c21-12-1-2-16(15(22)9-12)25-20-26-17-10-23-19(24-13-3-6-29-7-4-13)27-18(17)28(20)14-5-8-30-11-14;/h1-2,9-10,13-14H,3-8,11H2,(H,25,26)(H,23,24,27);1H4/t14-;/m0./s1. The molecule has 2 aromatic heterocycles. The zero-order valence-electron chi connectivity index (χ0n) is 16.3. The highest BCUT2D eigenvalue weighted by Gasteiger charge is 2.25. The summed E-state index contributed by atoms with van der Waals surface area (Å²) >= 11 is 0. The topological polar surface area (TPSA) is 86.1 Å². The van der Waals surface area contributed by atoms with Gasteiger partial charge < -0.3 is 20.1 Å². The molecule has 2 saturated heterocycles. The van der Waals surface area contributed by atoms with Gasteiger partial charge in [0.2, 0.25) is 11.9 Å². The molecule has 2 fully saturated rings. The number of halogens is 2. The van der Waals surface area contributed by atoms with Crippen molar-refractivity contribution in [2.75, 3.05) is 37.1 Å². The van der Waals surface area contributed by atoms with E-state index in [0.717, 1.165) is 25.3 Å². The molecule has 5 rings (SSSR count). The zero-order chi connectivity index (χ0) is 20.5. The molecule has 2 aliphatic rings. The molecule has 166 valence electrons. The summed E-state index contributed by atoms with van der Waals surface area (Å²) in [6, 6.07) is 3.65. The fraction of sp³-hybridized carbons (Fsp3) is 0.476. The lowest BCUT2D eigenvalue weighted by Crippen LogP contribution is -2.28. The number of nitrogens with one attached hydrogen (secondary N) is 2. The molecule has 31 heavy (non-hydrogen) atoms. The van der Waals surface area contributed by atoms with Crippen LogP contribution in [-0.4, -0.2) is 52.0 Å². The Hall–Kier alpha value is -2.85. The molecule has 0 unspecified atom stereocenters. The first-order chi connectivity index (χ1) is 14.7. The number of imidazole rings is 1. The molecule has 1 aromatic carbocycles. The van der Waals surface area contributed by atoms with Gasteiger partial charge in [-0.25, -0.2) is 18.7 Å². The van der Waals surface area contributed by atoms with Crippen LogP contribution in [0.25, 0.3) is 11.2 Å². The number of hydrogen-bond donors (Lipinski definition) is 2. The number of hydrogen-bond acceptors (Lipinski definition) is 7. The van der Waals surface area contributed by atoms with Gasteiger partial charge in [-0.05, 0) is 31.4 Å². The van der Waals surface area contributed by atoms with Crippen molar-refractivity contribution in [1.29, 1.82) is 0 Å². The van der Waals surface area contributed by atoms with Gasteiger partial charge in [0, 0.05) is 31.9 Å². The second-order valence-corrected chi connectivity index (χ2v) is 7.51. The first-order valence-electron chi connectivity index (χ1n) is 10.1. The molecule has 1 atom stereocenters. The molecule has 0 spiro atoms. The van der Waals surface area contributed by atoms with Crippen molar-refractivity contribution in [1.82, 2.24) is 19.5 Å². The van der Waals surface area contributed by atoms with E-state index in [-0.39, 0.29) is 25.2 Å². The Morgan fingerprint density at radius 3 is 2.58 bits per heavy atom. The second-order valence-electron chi connectivity index (χ2n) is 7.51. The van der Waals surface area contributed by atoms with Gasteiger partial charge in [0.25, 0.3) is 0 Å². The monoisotopic (exact) mass is 432 g/mol. The van der Waals surface area contributed by atoms with E-state index in [9.17, 15) is 8.78 Å². The van der Waals surface area contributed by atoms with E-state index in [1.54, 1.807) is 6.20 Å². The zero-order valence-corrected chi connectivity index (χ0v) is 16.3. The number of rotatable bonds is 5. The SMILES string of the molecule is C.Fc1ccc(Nc2nc3cnc(NC4CCOCC4)nc3n2[C@H]2CCOC2)c(F)c1. The van der Waals surface area contributed by atoms with E-state index >= 15 is 0 Å². The van der Waals surface area contributed by atoms with Crippen LogP contribution in [0.3, 0.4) is 0 Å². The minimum Gasteiger partial charge on any atom is -0.381 e.